The van der Waals surface area contributed by atoms with Gasteiger partial charge in [-0.1, -0.05) is 30.3 Å². The van der Waals surface area contributed by atoms with Crippen LogP contribution in [0.4, 0.5) is 0 Å². The molecule has 0 radical (unpaired) electrons. The molecule has 1 aromatic carbocycles. The highest BCUT2D eigenvalue weighted by Gasteiger charge is 2.29. The molecular formula is C12H15N3. The maximum atomic E-state index is 8.77. The smallest absolute Gasteiger partial charge is 0.0892 e. The number of rotatable bonds is 2. The van der Waals surface area contributed by atoms with Gasteiger partial charge in [0, 0.05) is 13.1 Å². The van der Waals surface area contributed by atoms with Crippen molar-refractivity contribution in [3.05, 3.63) is 35.9 Å². The van der Waals surface area contributed by atoms with Gasteiger partial charge in [0.05, 0.1) is 18.8 Å². The van der Waals surface area contributed by atoms with Crippen molar-refractivity contribution >= 4 is 0 Å². The lowest BCUT2D eigenvalue weighted by Gasteiger charge is -2.26. The fraction of sp³-hybridized carbons (Fsp3) is 0.417. The van der Waals surface area contributed by atoms with Crippen LogP contribution in [-0.4, -0.2) is 36.5 Å². The van der Waals surface area contributed by atoms with Gasteiger partial charge in [-0.05, 0) is 12.6 Å². The van der Waals surface area contributed by atoms with E-state index in [-0.39, 0.29) is 6.17 Å². The highest BCUT2D eigenvalue weighted by atomic mass is 15.4. The van der Waals surface area contributed by atoms with Crippen LogP contribution in [-0.2, 0) is 0 Å². The normalized spacial score (nSPS) is 22.8. The number of nitrogens with zero attached hydrogens (tertiary/aromatic N) is 3. The van der Waals surface area contributed by atoms with Crippen LogP contribution in [0, 0.1) is 11.3 Å². The molecule has 1 unspecified atom stereocenters. The molecule has 3 heteroatoms. The fourth-order valence-corrected chi connectivity index (χ4v) is 2.16. The summed E-state index contributed by atoms with van der Waals surface area (Å²) in [5, 5.41) is 8.77. The number of hydrogen-bond donors (Lipinski definition) is 0. The van der Waals surface area contributed by atoms with Gasteiger partial charge in [0.1, 0.15) is 0 Å². The molecule has 1 aliphatic rings. The summed E-state index contributed by atoms with van der Waals surface area (Å²) in [5.41, 5.74) is 1.27. The molecule has 0 amide bonds. The molecule has 0 N–H and O–H groups in total. The van der Waals surface area contributed by atoms with E-state index < -0.39 is 0 Å². The van der Waals surface area contributed by atoms with E-state index in [1.807, 2.05) is 18.2 Å². The summed E-state index contributed by atoms with van der Waals surface area (Å²) in [4.78, 5) is 4.49. The summed E-state index contributed by atoms with van der Waals surface area (Å²) in [5.74, 6) is 0. The highest BCUT2D eigenvalue weighted by Crippen LogP contribution is 2.27. The van der Waals surface area contributed by atoms with Gasteiger partial charge in [-0.3, -0.25) is 9.80 Å². The van der Waals surface area contributed by atoms with Gasteiger partial charge in [0.15, 0.2) is 0 Å². The second-order valence-corrected chi connectivity index (χ2v) is 3.89. The zero-order valence-corrected chi connectivity index (χ0v) is 8.93. The van der Waals surface area contributed by atoms with Crippen LogP contribution in [0.5, 0.6) is 0 Å². The first-order valence-corrected chi connectivity index (χ1v) is 5.19. The SMILES string of the molecule is CN1CCN(CC#N)C1c1ccccc1. The Morgan fingerprint density at radius 3 is 2.73 bits per heavy atom. The summed E-state index contributed by atoms with van der Waals surface area (Å²) in [6.45, 7) is 2.51. The first kappa shape index (κ1) is 10.2. The van der Waals surface area contributed by atoms with Crippen molar-refractivity contribution < 1.29 is 0 Å². The topological polar surface area (TPSA) is 30.3 Å². The Morgan fingerprint density at radius 1 is 1.33 bits per heavy atom. The lowest BCUT2D eigenvalue weighted by molar-refractivity contribution is 0.176. The average Bonchev–Trinajstić information content (AvgIpc) is 2.62. The van der Waals surface area contributed by atoms with Crippen LogP contribution in [0.25, 0.3) is 0 Å². The minimum Gasteiger partial charge on any atom is -0.286 e. The molecule has 2 rings (SSSR count). The van der Waals surface area contributed by atoms with Crippen molar-refractivity contribution in [2.75, 3.05) is 26.7 Å². The van der Waals surface area contributed by atoms with Crippen LogP contribution < -0.4 is 0 Å². The van der Waals surface area contributed by atoms with Crippen LogP contribution in [0.2, 0.25) is 0 Å². The molecule has 1 saturated heterocycles. The lowest BCUT2D eigenvalue weighted by Crippen LogP contribution is -2.28. The van der Waals surface area contributed by atoms with Gasteiger partial charge in [-0.2, -0.15) is 5.26 Å². The third kappa shape index (κ3) is 2.01. The van der Waals surface area contributed by atoms with E-state index in [2.05, 4.69) is 35.0 Å². The molecule has 1 fully saturated rings. The summed E-state index contributed by atoms with van der Waals surface area (Å²) >= 11 is 0. The largest absolute Gasteiger partial charge is 0.286 e. The maximum absolute atomic E-state index is 8.77. The van der Waals surface area contributed by atoms with Crippen molar-refractivity contribution in [1.29, 1.82) is 5.26 Å². The predicted molar refractivity (Wildman–Crippen MR) is 59.0 cm³/mol. The fourth-order valence-electron chi connectivity index (χ4n) is 2.16. The third-order valence-corrected chi connectivity index (χ3v) is 2.87. The van der Waals surface area contributed by atoms with E-state index in [0.29, 0.717) is 6.54 Å². The molecule has 3 nitrogen and oxygen atoms in total. The van der Waals surface area contributed by atoms with Crippen molar-refractivity contribution in [3.63, 3.8) is 0 Å². The van der Waals surface area contributed by atoms with Gasteiger partial charge in [-0.25, -0.2) is 0 Å². The van der Waals surface area contributed by atoms with Gasteiger partial charge in [-0.15, -0.1) is 0 Å². The predicted octanol–water partition coefficient (Wildman–Crippen LogP) is 1.46. The molecule has 78 valence electrons. The van der Waals surface area contributed by atoms with E-state index in [1.54, 1.807) is 0 Å². The van der Waals surface area contributed by atoms with Gasteiger partial charge >= 0.3 is 0 Å². The van der Waals surface area contributed by atoms with Crippen LogP contribution >= 0.6 is 0 Å². The quantitative estimate of drug-likeness (QED) is 0.678. The zero-order chi connectivity index (χ0) is 10.7. The second kappa shape index (κ2) is 4.43. The Bertz CT molecular complexity index is 355. The summed E-state index contributed by atoms with van der Waals surface area (Å²) in [6, 6.07) is 12.6. The Hall–Kier alpha value is -1.37. The van der Waals surface area contributed by atoms with Crippen molar-refractivity contribution in [1.82, 2.24) is 9.80 Å². The van der Waals surface area contributed by atoms with Gasteiger partial charge < -0.3 is 0 Å². The van der Waals surface area contributed by atoms with Gasteiger partial charge in [0.25, 0.3) is 0 Å². The molecule has 0 bridgehead atoms. The number of likely N-dealkylation sites (N-methyl/N-ethyl adjacent to an activating group) is 1. The molecule has 1 heterocycles. The van der Waals surface area contributed by atoms with Crippen molar-refractivity contribution in [2.45, 2.75) is 6.17 Å². The second-order valence-electron chi connectivity index (χ2n) is 3.89. The average molecular weight is 201 g/mol. The highest BCUT2D eigenvalue weighted by molar-refractivity contribution is 5.19. The first-order chi connectivity index (χ1) is 7.33. The van der Waals surface area contributed by atoms with Crippen molar-refractivity contribution in [2.24, 2.45) is 0 Å². The zero-order valence-electron chi connectivity index (χ0n) is 8.93. The molecule has 1 atom stereocenters. The molecule has 0 saturated carbocycles. The van der Waals surface area contributed by atoms with E-state index >= 15 is 0 Å². The Kier molecular flexibility index (Phi) is 3.00. The van der Waals surface area contributed by atoms with E-state index in [0.717, 1.165) is 13.1 Å². The van der Waals surface area contributed by atoms with Crippen LogP contribution in [0.15, 0.2) is 30.3 Å². The van der Waals surface area contributed by atoms with Crippen molar-refractivity contribution in [3.8, 4) is 6.07 Å². The minimum atomic E-state index is 0.269. The van der Waals surface area contributed by atoms with Crippen LogP contribution in [0.3, 0.4) is 0 Å². The number of hydrogen-bond acceptors (Lipinski definition) is 3. The van der Waals surface area contributed by atoms with E-state index in [4.69, 9.17) is 5.26 Å². The summed E-state index contributed by atoms with van der Waals surface area (Å²) in [6.07, 6.45) is 0.269. The summed E-state index contributed by atoms with van der Waals surface area (Å²) in [7, 11) is 2.11. The standard InChI is InChI=1S/C12H15N3/c1-14-9-10-15(8-7-13)12(14)11-5-3-2-4-6-11/h2-6,12H,8-10H2,1H3. The first-order valence-electron chi connectivity index (χ1n) is 5.19. The Morgan fingerprint density at radius 2 is 2.07 bits per heavy atom. The number of nitriles is 1. The van der Waals surface area contributed by atoms with Crippen LogP contribution in [0.1, 0.15) is 11.7 Å². The lowest BCUT2D eigenvalue weighted by atomic mass is 10.1. The van der Waals surface area contributed by atoms with E-state index in [1.165, 1.54) is 5.56 Å². The maximum Gasteiger partial charge on any atom is 0.0892 e. The molecule has 0 aliphatic carbocycles. The minimum absolute atomic E-state index is 0.269. The summed E-state index contributed by atoms with van der Waals surface area (Å²) < 4.78 is 0. The Balaban J connectivity index is 2.22. The molecule has 1 aliphatic heterocycles. The monoisotopic (exact) mass is 201 g/mol. The molecule has 1 aromatic rings. The third-order valence-electron chi connectivity index (χ3n) is 2.87. The molecule has 0 aromatic heterocycles. The van der Waals surface area contributed by atoms with Gasteiger partial charge in [0.2, 0.25) is 0 Å². The van der Waals surface area contributed by atoms with E-state index in [9.17, 15) is 0 Å². The molecular weight excluding hydrogens is 186 g/mol. The number of benzene rings is 1. The molecule has 15 heavy (non-hydrogen) atoms. The molecule has 0 spiro atoms. The Labute approximate surface area is 90.5 Å².